The molecule has 0 aromatic carbocycles. The summed E-state index contributed by atoms with van der Waals surface area (Å²) < 4.78 is 0. The summed E-state index contributed by atoms with van der Waals surface area (Å²) in [4.78, 5) is 59.4. The molecule has 2 aliphatic heterocycles. The fourth-order valence-electron chi connectivity index (χ4n) is 2.52. The fraction of sp³-hybridized carbons (Fsp3) is 0.643. The Bertz CT molecular complexity index is 547. The van der Waals surface area contributed by atoms with Crippen LogP contribution in [0.25, 0.3) is 0 Å². The van der Waals surface area contributed by atoms with Crippen LogP contribution in [0.4, 0.5) is 0 Å². The lowest BCUT2D eigenvalue weighted by atomic mass is 10.2. The summed E-state index contributed by atoms with van der Waals surface area (Å²) in [5.74, 6) is -2.00. The standard InChI is InChI=1S/C14H20N4O5/c1-8(15-14(23)9-4-5-10(19)16-9)13(22)17-11(20)7-18-6-2-3-12(18)21/h8-9H,2-7H2,1H3,(H,15,23)(H,16,19)(H,17,20,22)/t8-,9+/m1/s1. The molecule has 2 rings (SSSR count). The van der Waals surface area contributed by atoms with Gasteiger partial charge in [-0.25, -0.2) is 0 Å². The highest BCUT2D eigenvalue weighted by atomic mass is 16.2. The van der Waals surface area contributed by atoms with Crippen LogP contribution < -0.4 is 16.0 Å². The van der Waals surface area contributed by atoms with Gasteiger partial charge in [-0.2, -0.15) is 0 Å². The normalized spacial score (nSPS) is 21.8. The molecule has 0 unspecified atom stereocenters. The predicted molar refractivity (Wildman–Crippen MR) is 77.7 cm³/mol. The molecule has 2 saturated heterocycles. The average Bonchev–Trinajstić information content (AvgIpc) is 3.08. The van der Waals surface area contributed by atoms with Gasteiger partial charge in [-0.3, -0.25) is 29.3 Å². The van der Waals surface area contributed by atoms with Crippen molar-refractivity contribution in [1.82, 2.24) is 20.9 Å². The molecule has 0 aliphatic carbocycles. The van der Waals surface area contributed by atoms with Crippen molar-refractivity contribution in [3.05, 3.63) is 0 Å². The van der Waals surface area contributed by atoms with E-state index in [9.17, 15) is 24.0 Å². The van der Waals surface area contributed by atoms with Crippen LogP contribution in [0.2, 0.25) is 0 Å². The fourth-order valence-corrected chi connectivity index (χ4v) is 2.52. The van der Waals surface area contributed by atoms with Gasteiger partial charge in [0, 0.05) is 19.4 Å². The van der Waals surface area contributed by atoms with Gasteiger partial charge >= 0.3 is 0 Å². The lowest BCUT2D eigenvalue weighted by Gasteiger charge is -2.18. The van der Waals surface area contributed by atoms with Crippen molar-refractivity contribution in [2.45, 2.75) is 44.7 Å². The molecule has 2 aliphatic rings. The number of imide groups is 1. The Morgan fingerprint density at radius 1 is 1.30 bits per heavy atom. The highest BCUT2D eigenvalue weighted by Crippen LogP contribution is 2.08. The van der Waals surface area contributed by atoms with Crippen LogP contribution in [0, 0.1) is 0 Å². The molecule has 9 heteroatoms. The van der Waals surface area contributed by atoms with Gasteiger partial charge in [-0.15, -0.1) is 0 Å². The second kappa shape index (κ2) is 7.21. The van der Waals surface area contributed by atoms with Crippen LogP contribution >= 0.6 is 0 Å². The molecule has 2 fully saturated rings. The number of rotatable bonds is 5. The largest absolute Gasteiger partial charge is 0.344 e. The third-order valence-corrected chi connectivity index (χ3v) is 3.83. The molecule has 9 nitrogen and oxygen atoms in total. The van der Waals surface area contributed by atoms with E-state index in [1.807, 2.05) is 0 Å². The summed E-state index contributed by atoms with van der Waals surface area (Å²) in [6, 6.07) is -1.56. The molecule has 0 radical (unpaired) electrons. The maximum absolute atomic E-state index is 11.9. The molecule has 3 N–H and O–H groups in total. The Balaban J connectivity index is 1.75. The molecule has 23 heavy (non-hydrogen) atoms. The van der Waals surface area contributed by atoms with Gasteiger partial charge in [0.2, 0.25) is 29.5 Å². The van der Waals surface area contributed by atoms with Crippen LogP contribution in [0.1, 0.15) is 32.6 Å². The predicted octanol–water partition coefficient (Wildman–Crippen LogP) is -1.97. The second-order valence-electron chi connectivity index (χ2n) is 5.72. The summed E-state index contributed by atoms with van der Waals surface area (Å²) in [5, 5.41) is 7.11. The topological polar surface area (TPSA) is 125 Å². The number of hydrogen-bond acceptors (Lipinski definition) is 5. The van der Waals surface area contributed by atoms with Gasteiger partial charge in [0.25, 0.3) is 0 Å². The first-order valence-electron chi connectivity index (χ1n) is 7.58. The Hall–Kier alpha value is -2.45. The SMILES string of the molecule is C[C@@H](NC(=O)[C@@H]1CCC(=O)N1)C(=O)NC(=O)CN1CCCC1=O. The van der Waals surface area contributed by atoms with E-state index in [2.05, 4.69) is 16.0 Å². The molecule has 0 aromatic rings. The van der Waals surface area contributed by atoms with Gasteiger partial charge in [0.15, 0.2) is 0 Å². The molecule has 126 valence electrons. The number of carbonyl (C=O) groups is 5. The molecule has 0 aromatic heterocycles. The van der Waals surface area contributed by atoms with Crippen LogP contribution in [0.3, 0.4) is 0 Å². The lowest BCUT2D eigenvalue weighted by Crippen LogP contribution is -2.52. The second-order valence-corrected chi connectivity index (χ2v) is 5.72. The van der Waals surface area contributed by atoms with Gasteiger partial charge < -0.3 is 15.5 Å². The van der Waals surface area contributed by atoms with Crippen LogP contribution in [0.5, 0.6) is 0 Å². The lowest BCUT2D eigenvalue weighted by molar-refractivity contribution is -0.137. The molecule has 5 amide bonds. The number of nitrogens with one attached hydrogen (secondary N) is 3. The Labute approximate surface area is 133 Å². The van der Waals surface area contributed by atoms with E-state index in [0.717, 1.165) is 0 Å². The van der Waals surface area contributed by atoms with Crippen LogP contribution in [-0.4, -0.2) is 59.6 Å². The van der Waals surface area contributed by atoms with Gasteiger partial charge in [0.1, 0.15) is 12.1 Å². The third-order valence-electron chi connectivity index (χ3n) is 3.83. The summed E-state index contributed by atoms with van der Waals surface area (Å²) in [7, 11) is 0. The maximum atomic E-state index is 11.9. The van der Waals surface area contributed by atoms with Gasteiger partial charge in [-0.1, -0.05) is 0 Å². The summed E-state index contributed by atoms with van der Waals surface area (Å²) in [6.45, 7) is 1.79. The minimum absolute atomic E-state index is 0.106. The van der Waals surface area contributed by atoms with Gasteiger partial charge in [-0.05, 0) is 19.8 Å². The maximum Gasteiger partial charge on any atom is 0.248 e. The first-order chi connectivity index (χ1) is 10.9. The number of hydrogen-bond donors (Lipinski definition) is 3. The smallest absolute Gasteiger partial charge is 0.248 e. The average molecular weight is 324 g/mol. The van der Waals surface area contributed by atoms with Crippen molar-refractivity contribution in [1.29, 1.82) is 0 Å². The quantitative estimate of drug-likeness (QED) is 0.541. The number of carbonyl (C=O) groups excluding carboxylic acids is 5. The van der Waals surface area contributed by atoms with E-state index in [-0.39, 0.29) is 24.8 Å². The summed E-state index contributed by atoms with van der Waals surface area (Å²) >= 11 is 0. The minimum atomic E-state index is -0.918. The molecule has 0 spiro atoms. The Morgan fingerprint density at radius 2 is 2.04 bits per heavy atom. The van der Waals surface area contributed by atoms with E-state index in [0.29, 0.717) is 25.8 Å². The minimum Gasteiger partial charge on any atom is -0.344 e. The van der Waals surface area contributed by atoms with E-state index in [1.165, 1.54) is 11.8 Å². The Kier molecular flexibility index (Phi) is 5.30. The molecular formula is C14H20N4O5. The number of likely N-dealkylation sites (tertiary alicyclic amines) is 1. The zero-order valence-electron chi connectivity index (χ0n) is 12.9. The van der Waals surface area contributed by atoms with E-state index >= 15 is 0 Å². The van der Waals surface area contributed by atoms with Crippen molar-refractivity contribution in [3.63, 3.8) is 0 Å². The first-order valence-corrected chi connectivity index (χ1v) is 7.58. The first kappa shape index (κ1) is 16.9. The zero-order valence-corrected chi connectivity index (χ0v) is 12.9. The van der Waals surface area contributed by atoms with Crippen LogP contribution in [0.15, 0.2) is 0 Å². The van der Waals surface area contributed by atoms with Crippen LogP contribution in [-0.2, 0) is 24.0 Å². The molecule has 2 atom stereocenters. The summed E-state index contributed by atoms with van der Waals surface area (Å²) in [5.41, 5.74) is 0. The van der Waals surface area contributed by atoms with Gasteiger partial charge in [0.05, 0.1) is 6.54 Å². The van der Waals surface area contributed by atoms with E-state index in [4.69, 9.17) is 0 Å². The molecule has 0 bridgehead atoms. The highest BCUT2D eigenvalue weighted by Gasteiger charge is 2.29. The highest BCUT2D eigenvalue weighted by molar-refractivity contribution is 6.01. The number of nitrogens with zero attached hydrogens (tertiary/aromatic N) is 1. The molecular weight excluding hydrogens is 304 g/mol. The van der Waals surface area contributed by atoms with Crippen molar-refractivity contribution in [2.24, 2.45) is 0 Å². The molecule has 0 saturated carbocycles. The van der Waals surface area contributed by atoms with Crippen molar-refractivity contribution in [3.8, 4) is 0 Å². The van der Waals surface area contributed by atoms with E-state index in [1.54, 1.807) is 0 Å². The van der Waals surface area contributed by atoms with Crippen molar-refractivity contribution < 1.29 is 24.0 Å². The van der Waals surface area contributed by atoms with Crippen molar-refractivity contribution >= 4 is 29.5 Å². The number of amides is 5. The molecule has 2 heterocycles. The van der Waals surface area contributed by atoms with Crippen molar-refractivity contribution in [2.75, 3.05) is 13.1 Å². The third kappa shape index (κ3) is 4.51. The monoisotopic (exact) mass is 324 g/mol. The van der Waals surface area contributed by atoms with E-state index < -0.39 is 29.8 Å². The summed E-state index contributed by atoms with van der Waals surface area (Å²) in [6.07, 6.45) is 1.79. The zero-order chi connectivity index (χ0) is 17.0. The Morgan fingerprint density at radius 3 is 2.61 bits per heavy atom.